The fourth-order valence-corrected chi connectivity index (χ4v) is 1.57. The first-order valence-corrected chi connectivity index (χ1v) is 5.43. The molecule has 0 aliphatic heterocycles. The molecule has 0 fully saturated rings. The third kappa shape index (κ3) is 3.17. The van der Waals surface area contributed by atoms with Gasteiger partial charge in [-0.05, 0) is 19.1 Å². The van der Waals surface area contributed by atoms with Gasteiger partial charge in [-0.15, -0.1) is 11.6 Å². The third-order valence-corrected chi connectivity index (χ3v) is 2.30. The predicted molar refractivity (Wildman–Crippen MR) is 58.7 cm³/mol. The van der Waals surface area contributed by atoms with Crippen molar-refractivity contribution in [3.63, 3.8) is 0 Å². The second kappa shape index (κ2) is 5.80. The highest BCUT2D eigenvalue weighted by Crippen LogP contribution is 2.10. The quantitative estimate of drug-likeness (QED) is 0.749. The summed E-state index contributed by atoms with van der Waals surface area (Å²) in [4.78, 5) is 13.2. The van der Waals surface area contributed by atoms with Gasteiger partial charge in [0, 0.05) is 30.6 Å². The lowest BCUT2D eigenvalue weighted by Crippen LogP contribution is -2.32. The van der Waals surface area contributed by atoms with Gasteiger partial charge in [-0.1, -0.05) is 0 Å². The number of benzene rings is 1. The minimum absolute atomic E-state index is 0.00414. The van der Waals surface area contributed by atoms with E-state index in [9.17, 15) is 13.6 Å². The van der Waals surface area contributed by atoms with E-state index in [0.717, 1.165) is 18.2 Å². The first-order valence-electron chi connectivity index (χ1n) is 4.89. The lowest BCUT2D eigenvalue weighted by Gasteiger charge is -2.19. The van der Waals surface area contributed by atoms with Crippen LogP contribution in [-0.2, 0) is 0 Å². The summed E-state index contributed by atoms with van der Waals surface area (Å²) >= 11 is 5.53. The molecule has 5 heteroatoms. The van der Waals surface area contributed by atoms with Crippen molar-refractivity contribution in [1.82, 2.24) is 4.90 Å². The maximum absolute atomic E-state index is 12.9. The number of halogens is 3. The van der Waals surface area contributed by atoms with Crippen molar-refractivity contribution in [3.8, 4) is 0 Å². The third-order valence-electron chi connectivity index (χ3n) is 2.13. The number of hydrogen-bond donors (Lipinski definition) is 0. The Morgan fingerprint density at radius 3 is 2.31 bits per heavy atom. The van der Waals surface area contributed by atoms with E-state index in [4.69, 9.17) is 11.6 Å². The summed E-state index contributed by atoms with van der Waals surface area (Å²) in [5.74, 6) is -1.64. The Labute approximate surface area is 97.8 Å². The van der Waals surface area contributed by atoms with E-state index in [1.807, 2.05) is 0 Å². The largest absolute Gasteiger partial charge is 0.338 e. The van der Waals surface area contributed by atoms with E-state index in [1.165, 1.54) is 4.90 Å². The van der Waals surface area contributed by atoms with Crippen molar-refractivity contribution in [2.75, 3.05) is 19.0 Å². The van der Waals surface area contributed by atoms with Crippen molar-refractivity contribution in [3.05, 3.63) is 35.4 Å². The molecule has 0 unspecified atom stereocenters. The molecule has 88 valence electrons. The van der Waals surface area contributed by atoms with Crippen molar-refractivity contribution >= 4 is 17.5 Å². The van der Waals surface area contributed by atoms with Crippen molar-refractivity contribution < 1.29 is 13.6 Å². The molecule has 16 heavy (non-hydrogen) atoms. The van der Waals surface area contributed by atoms with Crippen LogP contribution in [0, 0.1) is 11.6 Å². The van der Waals surface area contributed by atoms with Crippen molar-refractivity contribution in [1.29, 1.82) is 0 Å². The van der Waals surface area contributed by atoms with Gasteiger partial charge in [0.05, 0.1) is 0 Å². The van der Waals surface area contributed by atoms with Gasteiger partial charge in [-0.2, -0.15) is 0 Å². The molecular formula is C11H12ClF2NO. The number of alkyl halides is 1. The molecule has 0 spiro atoms. The molecule has 0 N–H and O–H groups in total. The van der Waals surface area contributed by atoms with Crippen LogP contribution < -0.4 is 0 Å². The molecule has 0 bridgehead atoms. The molecule has 0 saturated heterocycles. The molecule has 0 saturated carbocycles. The van der Waals surface area contributed by atoms with Crippen molar-refractivity contribution in [2.24, 2.45) is 0 Å². The second-order valence-corrected chi connectivity index (χ2v) is 3.61. The van der Waals surface area contributed by atoms with Crippen LogP contribution in [0.25, 0.3) is 0 Å². The van der Waals surface area contributed by atoms with Gasteiger partial charge < -0.3 is 4.90 Å². The Balaban J connectivity index is 2.94. The summed E-state index contributed by atoms with van der Waals surface area (Å²) in [5, 5.41) is 0. The number of amides is 1. The Morgan fingerprint density at radius 1 is 1.31 bits per heavy atom. The van der Waals surface area contributed by atoms with E-state index in [1.54, 1.807) is 6.92 Å². The Kier molecular flexibility index (Phi) is 4.68. The zero-order chi connectivity index (χ0) is 12.1. The molecule has 0 atom stereocenters. The molecule has 0 aromatic heterocycles. The highest BCUT2D eigenvalue weighted by molar-refractivity contribution is 6.18. The highest BCUT2D eigenvalue weighted by atomic mass is 35.5. The summed E-state index contributed by atoms with van der Waals surface area (Å²) in [6.45, 7) is 2.58. The van der Waals surface area contributed by atoms with Crippen LogP contribution in [-0.4, -0.2) is 29.8 Å². The number of carbonyl (C=O) groups excluding carboxylic acids is 1. The fraction of sp³-hybridized carbons (Fsp3) is 0.364. The Bertz CT molecular complexity index is 364. The Hall–Kier alpha value is -1.16. The van der Waals surface area contributed by atoms with E-state index in [-0.39, 0.29) is 11.4 Å². The molecule has 1 aromatic rings. The van der Waals surface area contributed by atoms with Gasteiger partial charge >= 0.3 is 0 Å². The average Bonchev–Trinajstić information content (AvgIpc) is 2.23. The summed E-state index contributed by atoms with van der Waals surface area (Å²) in [6.07, 6.45) is 0. The van der Waals surface area contributed by atoms with Crippen LogP contribution in [0.3, 0.4) is 0 Å². The zero-order valence-electron chi connectivity index (χ0n) is 8.84. The molecular weight excluding hydrogens is 236 g/mol. The molecule has 2 nitrogen and oxygen atoms in total. The maximum Gasteiger partial charge on any atom is 0.254 e. The van der Waals surface area contributed by atoms with E-state index < -0.39 is 17.5 Å². The molecule has 1 amide bonds. The molecule has 0 heterocycles. The molecule has 1 aromatic carbocycles. The van der Waals surface area contributed by atoms with E-state index >= 15 is 0 Å². The normalized spacial score (nSPS) is 10.2. The maximum atomic E-state index is 12.9. The summed E-state index contributed by atoms with van der Waals surface area (Å²) < 4.78 is 25.8. The predicted octanol–water partition coefficient (Wildman–Crippen LogP) is 2.67. The van der Waals surface area contributed by atoms with Gasteiger partial charge in [0.15, 0.2) is 0 Å². The lowest BCUT2D eigenvalue weighted by atomic mass is 10.2. The fourth-order valence-electron chi connectivity index (χ4n) is 1.37. The van der Waals surface area contributed by atoms with E-state index in [0.29, 0.717) is 13.1 Å². The van der Waals surface area contributed by atoms with Crippen LogP contribution in [0.5, 0.6) is 0 Å². The Morgan fingerprint density at radius 2 is 1.88 bits per heavy atom. The summed E-state index contributed by atoms with van der Waals surface area (Å²) in [5.41, 5.74) is 0.00414. The van der Waals surface area contributed by atoms with Crippen molar-refractivity contribution in [2.45, 2.75) is 6.92 Å². The summed E-state index contributed by atoms with van der Waals surface area (Å²) in [6, 6.07) is 2.76. The lowest BCUT2D eigenvalue weighted by molar-refractivity contribution is 0.0773. The molecule has 0 radical (unpaired) electrons. The standard InChI is InChI=1S/C11H12ClF2NO/c1-2-15(4-3-12)11(16)8-5-9(13)7-10(14)6-8/h5-7H,2-4H2,1H3. The monoisotopic (exact) mass is 247 g/mol. The highest BCUT2D eigenvalue weighted by Gasteiger charge is 2.15. The van der Waals surface area contributed by atoms with Gasteiger partial charge in [0.25, 0.3) is 5.91 Å². The first-order chi connectivity index (χ1) is 7.58. The minimum Gasteiger partial charge on any atom is -0.338 e. The minimum atomic E-state index is -0.759. The average molecular weight is 248 g/mol. The molecule has 1 rings (SSSR count). The second-order valence-electron chi connectivity index (χ2n) is 3.23. The number of rotatable bonds is 4. The van der Waals surface area contributed by atoms with Crippen LogP contribution in [0.1, 0.15) is 17.3 Å². The van der Waals surface area contributed by atoms with Gasteiger partial charge in [0.2, 0.25) is 0 Å². The first kappa shape index (κ1) is 12.9. The zero-order valence-corrected chi connectivity index (χ0v) is 9.60. The number of carbonyl (C=O) groups is 1. The van der Waals surface area contributed by atoms with Gasteiger partial charge in [-0.25, -0.2) is 8.78 Å². The molecule has 0 aliphatic carbocycles. The van der Waals surface area contributed by atoms with Crippen LogP contribution in [0.15, 0.2) is 18.2 Å². The summed E-state index contributed by atoms with van der Waals surface area (Å²) in [7, 11) is 0. The van der Waals surface area contributed by atoms with Crippen LogP contribution in [0.2, 0.25) is 0 Å². The molecule has 0 aliphatic rings. The van der Waals surface area contributed by atoms with Crippen LogP contribution in [0.4, 0.5) is 8.78 Å². The number of hydrogen-bond acceptors (Lipinski definition) is 1. The van der Waals surface area contributed by atoms with Crippen LogP contribution >= 0.6 is 11.6 Å². The SMILES string of the molecule is CCN(CCCl)C(=O)c1cc(F)cc(F)c1. The smallest absolute Gasteiger partial charge is 0.254 e. The van der Waals surface area contributed by atoms with Gasteiger partial charge in [0.1, 0.15) is 11.6 Å². The van der Waals surface area contributed by atoms with E-state index in [2.05, 4.69) is 0 Å². The number of nitrogens with zero attached hydrogens (tertiary/aromatic N) is 1. The topological polar surface area (TPSA) is 20.3 Å². The van der Waals surface area contributed by atoms with Gasteiger partial charge in [-0.3, -0.25) is 4.79 Å².